The zero-order valence-corrected chi connectivity index (χ0v) is 10.7. The van der Waals surface area contributed by atoms with Crippen molar-refractivity contribution in [3.8, 4) is 0 Å². The fourth-order valence-electron chi connectivity index (χ4n) is 2.06. The van der Waals surface area contributed by atoms with Gasteiger partial charge in [-0.25, -0.2) is 9.97 Å². The highest BCUT2D eigenvalue weighted by molar-refractivity contribution is 5.72. The summed E-state index contributed by atoms with van der Waals surface area (Å²) < 4.78 is 1.55. The van der Waals surface area contributed by atoms with Gasteiger partial charge in [-0.3, -0.25) is 9.36 Å². The van der Waals surface area contributed by atoms with Gasteiger partial charge in [0, 0.05) is 6.20 Å². The van der Waals surface area contributed by atoms with E-state index >= 15 is 0 Å². The Morgan fingerprint density at radius 1 is 1.05 bits per heavy atom. The van der Waals surface area contributed by atoms with Crippen LogP contribution in [0.2, 0.25) is 0 Å². The predicted octanol–water partition coefficient (Wildman–Crippen LogP) is 1.33. The van der Waals surface area contributed by atoms with Crippen LogP contribution in [0.4, 0.5) is 0 Å². The zero-order valence-electron chi connectivity index (χ0n) is 10.7. The minimum atomic E-state index is -0.102. The van der Waals surface area contributed by atoms with Gasteiger partial charge in [0.1, 0.15) is 6.33 Å². The number of aliphatic hydroxyl groups excluding tert-OH is 1. The van der Waals surface area contributed by atoms with Gasteiger partial charge in [-0.05, 0) is 23.3 Å². The summed E-state index contributed by atoms with van der Waals surface area (Å²) in [6, 6.07) is 10.9. The number of aliphatic hydroxyl groups is 1. The molecule has 1 N–H and O–H groups in total. The highest BCUT2D eigenvalue weighted by Gasteiger charge is 2.04. The van der Waals surface area contributed by atoms with E-state index in [9.17, 15) is 4.79 Å². The molecule has 0 aliphatic carbocycles. The van der Waals surface area contributed by atoms with Crippen LogP contribution in [0.15, 0.2) is 53.7 Å². The molecular weight excluding hydrogens is 254 g/mol. The summed E-state index contributed by atoms with van der Waals surface area (Å²) in [4.78, 5) is 20.5. The summed E-state index contributed by atoms with van der Waals surface area (Å²) in [6.45, 7) is 0.464. The highest BCUT2D eigenvalue weighted by Crippen LogP contribution is 2.07. The number of fused-ring (bicyclic) bond motifs is 1. The van der Waals surface area contributed by atoms with Crippen LogP contribution >= 0.6 is 0 Å². The summed E-state index contributed by atoms with van der Waals surface area (Å²) in [5.74, 6) is 0. The van der Waals surface area contributed by atoms with Gasteiger partial charge < -0.3 is 5.11 Å². The molecule has 3 rings (SSSR count). The van der Waals surface area contributed by atoms with Gasteiger partial charge in [0.2, 0.25) is 0 Å². The van der Waals surface area contributed by atoms with Crippen molar-refractivity contribution in [2.75, 3.05) is 0 Å². The van der Waals surface area contributed by atoms with E-state index in [4.69, 9.17) is 5.11 Å². The van der Waals surface area contributed by atoms with Gasteiger partial charge in [-0.2, -0.15) is 0 Å². The topological polar surface area (TPSA) is 68.0 Å². The molecule has 1 aromatic carbocycles. The molecule has 0 radical (unpaired) electrons. The van der Waals surface area contributed by atoms with Gasteiger partial charge in [0.25, 0.3) is 5.56 Å². The molecule has 2 aromatic heterocycles. The second kappa shape index (κ2) is 5.22. The number of hydrogen-bond donors (Lipinski definition) is 1. The van der Waals surface area contributed by atoms with Crippen molar-refractivity contribution in [1.29, 1.82) is 0 Å². The van der Waals surface area contributed by atoms with Crippen LogP contribution in [-0.2, 0) is 13.2 Å². The normalized spacial score (nSPS) is 10.8. The van der Waals surface area contributed by atoms with E-state index < -0.39 is 0 Å². The van der Waals surface area contributed by atoms with E-state index in [1.54, 1.807) is 22.9 Å². The molecular formula is C15H13N3O2. The van der Waals surface area contributed by atoms with Crippen LogP contribution in [0.1, 0.15) is 11.1 Å². The first-order valence-corrected chi connectivity index (χ1v) is 6.27. The Balaban J connectivity index is 1.98. The maximum absolute atomic E-state index is 12.3. The first-order valence-electron chi connectivity index (χ1n) is 6.27. The summed E-state index contributed by atoms with van der Waals surface area (Å²) in [7, 11) is 0. The van der Waals surface area contributed by atoms with Gasteiger partial charge in [0.15, 0.2) is 5.65 Å². The van der Waals surface area contributed by atoms with Crippen LogP contribution in [0.5, 0.6) is 0 Å². The van der Waals surface area contributed by atoms with Crippen molar-refractivity contribution >= 4 is 11.0 Å². The van der Waals surface area contributed by atoms with E-state index in [1.165, 1.54) is 6.33 Å². The number of benzene rings is 1. The molecule has 0 aliphatic heterocycles. The highest BCUT2D eigenvalue weighted by atomic mass is 16.3. The summed E-state index contributed by atoms with van der Waals surface area (Å²) >= 11 is 0. The van der Waals surface area contributed by atoms with Crippen molar-refractivity contribution in [2.24, 2.45) is 0 Å². The van der Waals surface area contributed by atoms with Gasteiger partial charge in [0.05, 0.1) is 18.5 Å². The molecule has 3 aromatic rings. The standard InChI is InChI=1S/C15H13N3O2/c19-9-12-5-3-11(4-6-12)8-18-10-17-14-13(15(18)20)2-1-7-16-14/h1-7,10,19H,8-9H2. The molecule has 0 fully saturated rings. The molecule has 0 spiro atoms. The third-order valence-electron chi connectivity index (χ3n) is 3.16. The number of pyridine rings is 1. The third kappa shape index (κ3) is 2.31. The molecule has 5 heteroatoms. The maximum Gasteiger partial charge on any atom is 0.263 e. The molecule has 5 nitrogen and oxygen atoms in total. The average Bonchev–Trinajstić information content (AvgIpc) is 2.51. The van der Waals surface area contributed by atoms with E-state index in [2.05, 4.69) is 9.97 Å². The zero-order chi connectivity index (χ0) is 13.9. The van der Waals surface area contributed by atoms with Crippen molar-refractivity contribution < 1.29 is 5.11 Å². The summed E-state index contributed by atoms with van der Waals surface area (Å²) in [5, 5.41) is 9.52. The largest absolute Gasteiger partial charge is 0.392 e. The lowest BCUT2D eigenvalue weighted by Gasteiger charge is -2.07. The number of aromatic nitrogens is 3. The van der Waals surface area contributed by atoms with Crippen molar-refractivity contribution in [1.82, 2.24) is 14.5 Å². The fourth-order valence-corrected chi connectivity index (χ4v) is 2.06. The lowest BCUT2D eigenvalue weighted by Crippen LogP contribution is -2.21. The SMILES string of the molecule is O=c1c2cccnc2ncn1Cc1ccc(CO)cc1. The third-order valence-corrected chi connectivity index (χ3v) is 3.16. The molecule has 0 saturated heterocycles. The van der Waals surface area contributed by atoms with Crippen LogP contribution in [0, 0.1) is 0 Å². The van der Waals surface area contributed by atoms with Crippen LogP contribution in [0.3, 0.4) is 0 Å². The van der Waals surface area contributed by atoms with E-state index in [1.807, 2.05) is 24.3 Å². The number of nitrogens with zero attached hydrogens (tertiary/aromatic N) is 3. The van der Waals surface area contributed by atoms with E-state index in [-0.39, 0.29) is 12.2 Å². The second-order valence-corrected chi connectivity index (χ2v) is 4.53. The molecule has 0 atom stereocenters. The molecule has 0 saturated carbocycles. The van der Waals surface area contributed by atoms with E-state index in [0.29, 0.717) is 17.6 Å². The molecule has 0 aliphatic rings. The Morgan fingerprint density at radius 2 is 1.80 bits per heavy atom. The Bertz CT molecular complexity index is 794. The van der Waals surface area contributed by atoms with Gasteiger partial charge in [-0.1, -0.05) is 24.3 Å². The maximum atomic E-state index is 12.3. The Hall–Kier alpha value is -2.53. The lowest BCUT2D eigenvalue weighted by molar-refractivity contribution is 0.282. The van der Waals surface area contributed by atoms with Crippen LogP contribution < -0.4 is 5.56 Å². The molecule has 0 bridgehead atoms. The van der Waals surface area contributed by atoms with Crippen molar-refractivity contribution in [2.45, 2.75) is 13.2 Å². The van der Waals surface area contributed by atoms with Crippen molar-refractivity contribution in [3.05, 3.63) is 70.4 Å². The van der Waals surface area contributed by atoms with Crippen LogP contribution in [0.25, 0.3) is 11.0 Å². The molecule has 20 heavy (non-hydrogen) atoms. The Morgan fingerprint density at radius 3 is 2.55 bits per heavy atom. The first-order chi connectivity index (χ1) is 9.78. The second-order valence-electron chi connectivity index (χ2n) is 4.53. The quantitative estimate of drug-likeness (QED) is 0.777. The number of rotatable bonds is 3. The molecule has 100 valence electrons. The summed E-state index contributed by atoms with van der Waals surface area (Å²) in [6.07, 6.45) is 3.13. The van der Waals surface area contributed by atoms with Gasteiger partial charge in [-0.15, -0.1) is 0 Å². The Labute approximate surface area is 115 Å². The first kappa shape index (κ1) is 12.5. The molecule has 0 amide bonds. The van der Waals surface area contributed by atoms with Crippen molar-refractivity contribution in [3.63, 3.8) is 0 Å². The van der Waals surface area contributed by atoms with E-state index in [0.717, 1.165) is 11.1 Å². The monoisotopic (exact) mass is 267 g/mol. The van der Waals surface area contributed by atoms with Crippen LogP contribution in [-0.4, -0.2) is 19.6 Å². The minimum absolute atomic E-state index is 0.0173. The Kier molecular flexibility index (Phi) is 3.26. The predicted molar refractivity (Wildman–Crippen MR) is 75.3 cm³/mol. The molecule has 2 heterocycles. The summed E-state index contributed by atoms with van der Waals surface area (Å²) in [5.41, 5.74) is 2.19. The van der Waals surface area contributed by atoms with Gasteiger partial charge >= 0.3 is 0 Å². The average molecular weight is 267 g/mol. The molecule has 0 unspecified atom stereocenters. The smallest absolute Gasteiger partial charge is 0.263 e. The lowest BCUT2D eigenvalue weighted by atomic mass is 10.1. The number of hydrogen-bond acceptors (Lipinski definition) is 4. The fraction of sp³-hybridized carbons (Fsp3) is 0.133. The minimum Gasteiger partial charge on any atom is -0.392 e.